The summed E-state index contributed by atoms with van der Waals surface area (Å²) in [5.74, 6) is 0.0284. The summed E-state index contributed by atoms with van der Waals surface area (Å²) in [6.45, 7) is 2.10. The molecule has 2 atom stereocenters. The van der Waals surface area contributed by atoms with Crippen LogP contribution in [0.1, 0.15) is 42.5 Å². The number of nitrogens with zero attached hydrogens (tertiary/aromatic N) is 1. The quantitative estimate of drug-likeness (QED) is 0.238. The summed E-state index contributed by atoms with van der Waals surface area (Å²) < 4.78 is 0. The van der Waals surface area contributed by atoms with Gasteiger partial charge in [-0.25, -0.2) is 4.98 Å². The molecule has 1 aliphatic carbocycles. The average molecular weight is 507 g/mol. The second-order valence-electron chi connectivity index (χ2n) is 8.20. The molecule has 8 heteroatoms. The van der Waals surface area contributed by atoms with Gasteiger partial charge in [-0.05, 0) is 61.7 Å². The third-order valence-electron chi connectivity index (χ3n) is 5.75. The zero-order chi connectivity index (χ0) is 21.8. The van der Waals surface area contributed by atoms with Crippen LogP contribution >= 0.6 is 36.4 Å². The largest absolute Gasteiger partial charge is 0.380 e. The molecule has 176 valence electrons. The summed E-state index contributed by atoms with van der Waals surface area (Å²) in [6.07, 6.45) is 8.43. The first-order chi connectivity index (χ1) is 15.0. The van der Waals surface area contributed by atoms with Gasteiger partial charge < -0.3 is 16.4 Å². The number of fused-ring (bicyclic) bond motifs is 1. The van der Waals surface area contributed by atoms with E-state index < -0.39 is 0 Å². The summed E-state index contributed by atoms with van der Waals surface area (Å²) in [5, 5.41) is 16.4. The molecule has 1 saturated carbocycles. The van der Waals surface area contributed by atoms with Crippen LogP contribution in [-0.2, 0) is 0 Å². The van der Waals surface area contributed by atoms with Crippen LogP contribution in [0.4, 0.5) is 5.69 Å². The lowest BCUT2D eigenvalue weighted by Crippen LogP contribution is -2.50. The van der Waals surface area contributed by atoms with Crippen molar-refractivity contribution in [3.63, 3.8) is 0 Å². The highest BCUT2D eigenvalue weighted by Crippen LogP contribution is 2.29. The fraction of sp³-hybridized carbons (Fsp3) is 0.280. The monoisotopic (exact) mass is 505 g/mol. The van der Waals surface area contributed by atoms with E-state index in [1.165, 1.54) is 12.0 Å². The summed E-state index contributed by atoms with van der Waals surface area (Å²) >= 11 is 5.99. The molecule has 2 unspecified atom stereocenters. The smallest absolute Gasteiger partial charge is 0.185 e. The highest BCUT2D eigenvalue weighted by molar-refractivity contribution is 6.30. The van der Waals surface area contributed by atoms with Crippen molar-refractivity contribution in [2.24, 2.45) is 5.73 Å². The first-order valence-corrected chi connectivity index (χ1v) is 11.1. The van der Waals surface area contributed by atoms with Crippen LogP contribution in [0.5, 0.6) is 0 Å². The van der Waals surface area contributed by atoms with Gasteiger partial charge in [0.05, 0.1) is 11.2 Å². The van der Waals surface area contributed by atoms with E-state index in [0.29, 0.717) is 0 Å². The number of halogens is 3. The van der Waals surface area contributed by atoms with Crippen molar-refractivity contribution >= 4 is 71.1 Å². The Kier molecular flexibility index (Phi) is 9.84. The van der Waals surface area contributed by atoms with Gasteiger partial charge in [-0.1, -0.05) is 54.3 Å². The van der Waals surface area contributed by atoms with Crippen LogP contribution in [0.25, 0.3) is 23.1 Å². The topological polar surface area (TPSA) is 86.8 Å². The second kappa shape index (κ2) is 12.1. The van der Waals surface area contributed by atoms with Gasteiger partial charge in [0.2, 0.25) is 0 Å². The number of nitrogens with two attached hydrogens (primary N) is 1. The number of aromatic nitrogens is 1. The summed E-state index contributed by atoms with van der Waals surface area (Å²) in [6, 6.07) is 16.5. The Hall–Kier alpha value is -2.47. The predicted octanol–water partition coefficient (Wildman–Crippen LogP) is 6.42. The third kappa shape index (κ3) is 7.00. The Bertz CT molecular complexity index is 1110. The minimum absolute atomic E-state index is 0. The first-order valence-electron chi connectivity index (χ1n) is 10.7. The van der Waals surface area contributed by atoms with Crippen LogP contribution in [0.2, 0.25) is 5.02 Å². The molecule has 0 bridgehead atoms. The molecule has 3 aromatic rings. The van der Waals surface area contributed by atoms with Crippen molar-refractivity contribution in [2.45, 2.75) is 44.7 Å². The van der Waals surface area contributed by atoms with Crippen LogP contribution in [0, 0.1) is 12.3 Å². The predicted molar refractivity (Wildman–Crippen MR) is 146 cm³/mol. The van der Waals surface area contributed by atoms with E-state index in [9.17, 15) is 0 Å². The van der Waals surface area contributed by atoms with Crippen molar-refractivity contribution in [1.82, 2.24) is 10.3 Å². The number of anilines is 1. The second-order valence-corrected chi connectivity index (χ2v) is 8.64. The maximum atomic E-state index is 7.65. The molecule has 1 fully saturated rings. The minimum Gasteiger partial charge on any atom is -0.380 e. The molecule has 4 rings (SSSR count). The van der Waals surface area contributed by atoms with E-state index in [1.807, 2.05) is 36.4 Å². The SMILES string of the molecule is Cc1ccc2nc(/C=C\c3ccc(Cl)cc3)cc(NC3CCCCC3NC(=N)N)c2c1.Cl.Cl. The molecule has 1 heterocycles. The molecular weight excluding hydrogens is 477 g/mol. The number of aryl methyl sites for hydroxylation is 1. The maximum Gasteiger partial charge on any atom is 0.185 e. The van der Waals surface area contributed by atoms with Crippen molar-refractivity contribution < 1.29 is 0 Å². The first kappa shape index (κ1) is 26.8. The van der Waals surface area contributed by atoms with E-state index >= 15 is 0 Å². The van der Waals surface area contributed by atoms with E-state index in [2.05, 4.69) is 41.8 Å². The highest BCUT2D eigenvalue weighted by Gasteiger charge is 2.26. The maximum absolute atomic E-state index is 7.65. The Morgan fingerprint density at radius 1 is 1.03 bits per heavy atom. The van der Waals surface area contributed by atoms with E-state index in [-0.39, 0.29) is 42.9 Å². The van der Waals surface area contributed by atoms with Crippen molar-refractivity contribution in [1.29, 1.82) is 5.41 Å². The lowest BCUT2D eigenvalue weighted by atomic mass is 9.90. The Morgan fingerprint density at radius 2 is 1.73 bits per heavy atom. The van der Waals surface area contributed by atoms with E-state index in [4.69, 9.17) is 27.7 Å². The molecule has 1 aliphatic rings. The van der Waals surface area contributed by atoms with Gasteiger partial charge in [0.25, 0.3) is 0 Å². The van der Waals surface area contributed by atoms with Gasteiger partial charge in [0, 0.05) is 28.2 Å². The van der Waals surface area contributed by atoms with Gasteiger partial charge >= 0.3 is 0 Å². The molecule has 0 radical (unpaired) electrons. The number of guanidine groups is 1. The molecule has 2 aromatic carbocycles. The standard InChI is InChI=1S/C25H28ClN5.2ClH/c1-16-6-13-21-20(14-16)24(30-22-4-2-3-5-23(22)31-25(27)28)15-19(29-21)12-9-17-7-10-18(26)11-8-17;;/h6-15,22-23H,2-5H2,1H3,(H,29,30)(H4,27,28,31);2*1H/b12-9-;;. The number of hydrogen-bond donors (Lipinski definition) is 4. The van der Waals surface area contributed by atoms with Crippen LogP contribution in [0.15, 0.2) is 48.5 Å². The number of benzene rings is 2. The molecule has 0 amide bonds. The lowest BCUT2D eigenvalue weighted by molar-refractivity contribution is 0.377. The molecule has 5 N–H and O–H groups in total. The molecule has 33 heavy (non-hydrogen) atoms. The molecule has 0 saturated heterocycles. The Balaban J connectivity index is 0.00000193. The molecule has 1 aromatic heterocycles. The third-order valence-corrected chi connectivity index (χ3v) is 6.00. The average Bonchev–Trinajstić information content (AvgIpc) is 2.75. The summed E-state index contributed by atoms with van der Waals surface area (Å²) in [5.41, 5.74) is 10.8. The van der Waals surface area contributed by atoms with Gasteiger partial charge in [-0.2, -0.15) is 0 Å². The normalized spacial score (nSPS) is 17.8. The lowest BCUT2D eigenvalue weighted by Gasteiger charge is -2.34. The number of nitrogens with one attached hydrogen (secondary N) is 3. The van der Waals surface area contributed by atoms with Gasteiger partial charge in [0.1, 0.15) is 0 Å². The summed E-state index contributed by atoms with van der Waals surface area (Å²) in [4.78, 5) is 4.85. The summed E-state index contributed by atoms with van der Waals surface area (Å²) in [7, 11) is 0. The fourth-order valence-corrected chi connectivity index (χ4v) is 4.32. The van der Waals surface area contributed by atoms with Crippen molar-refractivity contribution in [3.8, 4) is 0 Å². The van der Waals surface area contributed by atoms with Crippen LogP contribution in [-0.4, -0.2) is 23.0 Å². The van der Waals surface area contributed by atoms with Crippen LogP contribution in [0.3, 0.4) is 0 Å². The van der Waals surface area contributed by atoms with Gasteiger partial charge in [-0.15, -0.1) is 24.8 Å². The Labute approximate surface area is 212 Å². The van der Waals surface area contributed by atoms with Gasteiger partial charge in [0.15, 0.2) is 5.96 Å². The Morgan fingerprint density at radius 3 is 2.42 bits per heavy atom. The number of pyridine rings is 1. The number of rotatable bonds is 5. The molecule has 5 nitrogen and oxygen atoms in total. The van der Waals surface area contributed by atoms with Crippen molar-refractivity contribution in [2.75, 3.05) is 5.32 Å². The molecule has 0 aliphatic heterocycles. The number of hydrogen-bond acceptors (Lipinski definition) is 3. The van der Waals surface area contributed by atoms with Crippen LogP contribution < -0.4 is 16.4 Å². The van der Waals surface area contributed by atoms with E-state index in [0.717, 1.165) is 52.1 Å². The molecule has 0 spiro atoms. The minimum atomic E-state index is 0. The van der Waals surface area contributed by atoms with Crippen molar-refractivity contribution in [3.05, 3.63) is 70.4 Å². The van der Waals surface area contributed by atoms with Gasteiger partial charge in [-0.3, -0.25) is 5.41 Å². The zero-order valence-corrected chi connectivity index (χ0v) is 20.9. The fourth-order valence-electron chi connectivity index (χ4n) is 4.20. The molecular formula is C25H30Cl3N5. The zero-order valence-electron chi connectivity index (χ0n) is 18.5. The van der Waals surface area contributed by atoms with E-state index in [1.54, 1.807) is 0 Å². The highest BCUT2D eigenvalue weighted by atomic mass is 35.5.